The van der Waals surface area contributed by atoms with Gasteiger partial charge in [-0.15, -0.1) is 0 Å². The van der Waals surface area contributed by atoms with Gasteiger partial charge >= 0.3 is 0 Å². The quantitative estimate of drug-likeness (QED) is 0.906. The van der Waals surface area contributed by atoms with Crippen LogP contribution in [-0.4, -0.2) is 19.1 Å². The fourth-order valence-corrected chi connectivity index (χ4v) is 2.94. The Hall–Kier alpha value is -0.730. The highest BCUT2D eigenvalue weighted by Gasteiger charge is 2.13. The van der Waals surface area contributed by atoms with E-state index in [1.807, 2.05) is 6.92 Å². The highest BCUT2D eigenvalue weighted by molar-refractivity contribution is 6.33. The van der Waals surface area contributed by atoms with E-state index in [9.17, 15) is 0 Å². The minimum Gasteiger partial charge on any atom is -0.370 e. The predicted octanol–water partition coefficient (Wildman–Crippen LogP) is 3.61. The first-order valence-corrected chi connectivity index (χ1v) is 7.33. The largest absolute Gasteiger partial charge is 0.370 e. The lowest BCUT2D eigenvalue weighted by Gasteiger charge is -2.24. The highest BCUT2D eigenvalue weighted by atomic mass is 35.5. The fraction of sp³-hybridized carbons (Fsp3) is 0.600. The third-order valence-electron chi connectivity index (χ3n) is 3.52. The molecule has 0 radical (unpaired) electrons. The van der Waals surface area contributed by atoms with Crippen LogP contribution >= 0.6 is 11.6 Å². The van der Waals surface area contributed by atoms with Gasteiger partial charge in [0.2, 0.25) is 0 Å². The van der Waals surface area contributed by atoms with Crippen molar-refractivity contribution in [2.24, 2.45) is 5.73 Å². The number of nitrogens with zero attached hydrogens (tertiary/aromatic N) is 1. The summed E-state index contributed by atoms with van der Waals surface area (Å²) in [5.41, 5.74) is 8.24. The molecule has 2 nitrogen and oxygen atoms in total. The molecule has 1 fully saturated rings. The van der Waals surface area contributed by atoms with Crippen molar-refractivity contribution in [3.05, 3.63) is 28.8 Å². The Morgan fingerprint density at radius 1 is 1.22 bits per heavy atom. The Balaban J connectivity index is 2.12. The van der Waals surface area contributed by atoms with Gasteiger partial charge in [0.15, 0.2) is 0 Å². The van der Waals surface area contributed by atoms with Crippen LogP contribution in [0.2, 0.25) is 5.02 Å². The molecule has 1 aliphatic rings. The van der Waals surface area contributed by atoms with Crippen molar-refractivity contribution < 1.29 is 0 Å². The average molecular weight is 267 g/mol. The number of hydrogen-bond donors (Lipinski definition) is 1. The summed E-state index contributed by atoms with van der Waals surface area (Å²) in [6.07, 6.45) is 6.13. The van der Waals surface area contributed by atoms with Crippen molar-refractivity contribution in [3.63, 3.8) is 0 Å². The first-order chi connectivity index (χ1) is 8.66. The average Bonchev–Trinajstić information content (AvgIpc) is 2.57. The van der Waals surface area contributed by atoms with Gasteiger partial charge < -0.3 is 10.6 Å². The van der Waals surface area contributed by atoms with Gasteiger partial charge in [0.25, 0.3) is 0 Å². The van der Waals surface area contributed by atoms with Gasteiger partial charge in [-0.25, -0.2) is 0 Å². The molecule has 2 N–H and O–H groups in total. The SMILES string of the molecule is CC(N)Cc1ccc(N2CCCCCC2)c(Cl)c1. The number of halogens is 1. The van der Waals surface area contributed by atoms with Crippen molar-refractivity contribution in [2.75, 3.05) is 18.0 Å². The second-order valence-corrected chi connectivity index (χ2v) is 5.78. The summed E-state index contributed by atoms with van der Waals surface area (Å²) in [7, 11) is 0. The minimum atomic E-state index is 0.185. The summed E-state index contributed by atoms with van der Waals surface area (Å²) in [4.78, 5) is 2.42. The third kappa shape index (κ3) is 3.63. The van der Waals surface area contributed by atoms with E-state index in [0.717, 1.165) is 24.5 Å². The van der Waals surface area contributed by atoms with Crippen LogP contribution in [0.5, 0.6) is 0 Å². The van der Waals surface area contributed by atoms with Crippen LogP contribution in [-0.2, 0) is 6.42 Å². The first-order valence-electron chi connectivity index (χ1n) is 6.96. The zero-order valence-corrected chi connectivity index (χ0v) is 11.9. The van der Waals surface area contributed by atoms with E-state index in [1.54, 1.807) is 0 Å². The molecule has 0 aliphatic carbocycles. The first kappa shape index (κ1) is 13.7. The second-order valence-electron chi connectivity index (χ2n) is 5.37. The molecule has 0 amide bonds. The lowest BCUT2D eigenvalue weighted by atomic mass is 10.1. The molecule has 1 unspecified atom stereocenters. The van der Waals surface area contributed by atoms with Crippen LogP contribution < -0.4 is 10.6 Å². The van der Waals surface area contributed by atoms with Crippen LogP contribution in [0.1, 0.15) is 38.2 Å². The van der Waals surface area contributed by atoms with Crippen LogP contribution in [0.4, 0.5) is 5.69 Å². The Morgan fingerprint density at radius 3 is 2.44 bits per heavy atom. The van der Waals surface area contributed by atoms with E-state index < -0.39 is 0 Å². The summed E-state index contributed by atoms with van der Waals surface area (Å²) in [5.74, 6) is 0. The van der Waals surface area contributed by atoms with Gasteiger partial charge in [0.1, 0.15) is 0 Å². The van der Waals surface area contributed by atoms with E-state index in [-0.39, 0.29) is 6.04 Å². The minimum absolute atomic E-state index is 0.185. The van der Waals surface area contributed by atoms with Crippen molar-refractivity contribution in [3.8, 4) is 0 Å². The van der Waals surface area contributed by atoms with E-state index in [1.165, 1.54) is 36.9 Å². The zero-order chi connectivity index (χ0) is 13.0. The van der Waals surface area contributed by atoms with Gasteiger partial charge in [-0.2, -0.15) is 0 Å². The molecular formula is C15H23ClN2. The maximum Gasteiger partial charge on any atom is 0.0642 e. The predicted molar refractivity (Wildman–Crippen MR) is 79.5 cm³/mol. The molecule has 1 heterocycles. The monoisotopic (exact) mass is 266 g/mol. The number of hydrogen-bond acceptors (Lipinski definition) is 2. The lowest BCUT2D eigenvalue weighted by Crippen LogP contribution is -2.24. The summed E-state index contributed by atoms with van der Waals surface area (Å²) in [5, 5.41) is 0.870. The van der Waals surface area contributed by atoms with E-state index in [0.29, 0.717) is 0 Å². The molecule has 0 saturated carbocycles. The highest BCUT2D eigenvalue weighted by Crippen LogP contribution is 2.29. The maximum absolute atomic E-state index is 6.42. The van der Waals surface area contributed by atoms with Crippen molar-refractivity contribution in [1.29, 1.82) is 0 Å². The smallest absolute Gasteiger partial charge is 0.0642 e. The Labute approximate surface area is 115 Å². The molecule has 18 heavy (non-hydrogen) atoms. The van der Waals surface area contributed by atoms with Gasteiger partial charge in [0, 0.05) is 19.1 Å². The van der Waals surface area contributed by atoms with Crippen LogP contribution in [0.25, 0.3) is 0 Å². The van der Waals surface area contributed by atoms with Crippen molar-refractivity contribution >= 4 is 17.3 Å². The molecule has 0 bridgehead atoms. The summed E-state index contributed by atoms with van der Waals surface area (Å²) in [6, 6.07) is 6.58. The standard InChI is InChI=1S/C15H23ClN2/c1-12(17)10-13-6-7-15(14(16)11-13)18-8-4-2-3-5-9-18/h6-7,11-12H,2-5,8-10,17H2,1H3. The number of anilines is 1. The van der Waals surface area contributed by atoms with E-state index in [4.69, 9.17) is 17.3 Å². The van der Waals surface area contributed by atoms with Crippen molar-refractivity contribution in [2.45, 2.75) is 45.1 Å². The van der Waals surface area contributed by atoms with Gasteiger partial charge in [-0.3, -0.25) is 0 Å². The topological polar surface area (TPSA) is 29.3 Å². The van der Waals surface area contributed by atoms with Crippen LogP contribution in [0, 0.1) is 0 Å². The molecule has 0 aromatic heterocycles. The molecule has 1 aromatic rings. The summed E-state index contributed by atoms with van der Waals surface area (Å²) in [6.45, 7) is 4.29. The zero-order valence-electron chi connectivity index (χ0n) is 11.2. The normalized spacial score (nSPS) is 18.5. The third-order valence-corrected chi connectivity index (χ3v) is 3.82. The fourth-order valence-electron chi connectivity index (χ4n) is 2.62. The Morgan fingerprint density at radius 2 is 1.89 bits per heavy atom. The van der Waals surface area contributed by atoms with Crippen LogP contribution in [0.3, 0.4) is 0 Å². The summed E-state index contributed by atoms with van der Waals surface area (Å²) < 4.78 is 0. The molecule has 2 rings (SSSR count). The maximum atomic E-state index is 6.42. The second kappa shape index (κ2) is 6.44. The van der Waals surface area contributed by atoms with Gasteiger partial charge in [-0.1, -0.05) is 30.5 Å². The molecule has 100 valence electrons. The molecular weight excluding hydrogens is 244 g/mol. The van der Waals surface area contributed by atoms with E-state index in [2.05, 4.69) is 23.1 Å². The molecule has 3 heteroatoms. The Bertz CT molecular complexity index is 382. The molecule has 1 aliphatic heterocycles. The number of nitrogens with two attached hydrogens (primary N) is 1. The van der Waals surface area contributed by atoms with Gasteiger partial charge in [0.05, 0.1) is 10.7 Å². The molecule has 0 spiro atoms. The van der Waals surface area contributed by atoms with Crippen molar-refractivity contribution in [1.82, 2.24) is 0 Å². The number of benzene rings is 1. The van der Waals surface area contributed by atoms with Gasteiger partial charge in [-0.05, 0) is 43.9 Å². The van der Waals surface area contributed by atoms with E-state index >= 15 is 0 Å². The Kier molecular flexibility index (Phi) is 4.90. The lowest BCUT2D eigenvalue weighted by molar-refractivity contribution is 0.726. The molecule has 1 aromatic carbocycles. The molecule has 1 saturated heterocycles. The van der Waals surface area contributed by atoms with Crippen LogP contribution in [0.15, 0.2) is 18.2 Å². The molecule has 1 atom stereocenters. The summed E-state index contributed by atoms with van der Waals surface area (Å²) >= 11 is 6.42. The number of rotatable bonds is 3.